The zero-order valence-corrected chi connectivity index (χ0v) is 12.0. The average molecular weight is 275 g/mol. The van der Waals surface area contributed by atoms with Crippen LogP contribution < -0.4 is 4.90 Å². The maximum Gasteiger partial charge on any atom is 0.136 e. The summed E-state index contributed by atoms with van der Waals surface area (Å²) in [6.07, 6.45) is 6.68. The van der Waals surface area contributed by atoms with Crippen molar-refractivity contribution in [3.63, 3.8) is 0 Å². The van der Waals surface area contributed by atoms with Crippen LogP contribution >= 0.6 is 11.6 Å². The number of hydrogen-bond acceptors (Lipinski definition) is 2. The Morgan fingerprint density at radius 2 is 1.95 bits per heavy atom. The van der Waals surface area contributed by atoms with Crippen LogP contribution in [0.3, 0.4) is 0 Å². The van der Waals surface area contributed by atoms with E-state index in [0.29, 0.717) is 6.04 Å². The number of fused-ring (bicyclic) bond motifs is 1. The fraction of sp³-hybridized carbons (Fsp3) is 0.438. The number of rotatable bonds is 2. The third-order valence-corrected chi connectivity index (χ3v) is 4.64. The summed E-state index contributed by atoms with van der Waals surface area (Å²) >= 11 is 6.51. The minimum absolute atomic E-state index is 0.236. The zero-order valence-electron chi connectivity index (χ0n) is 11.2. The van der Waals surface area contributed by atoms with Gasteiger partial charge in [0.15, 0.2) is 0 Å². The molecule has 100 valence electrons. The van der Waals surface area contributed by atoms with E-state index in [1.165, 1.54) is 23.6 Å². The summed E-state index contributed by atoms with van der Waals surface area (Å²) in [7, 11) is 2.13. The first-order chi connectivity index (χ1) is 9.27. The third kappa shape index (κ3) is 2.42. The Balaban J connectivity index is 1.99. The topological polar surface area (TPSA) is 16.1 Å². The van der Waals surface area contributed by atoms with Gasteiger partial charge in [-0.05, 0) is 24.3 Å². The van der Waals surface area contributed by atoms with Gasteiger partial charge in [0, 0.05) is 24.7 Å². The van der Waals surface area contributed by atoms with Crippen molar-refractivity contribution in [2.75, 3.05) is 11.9 Å². The highest BCUT2D eigenvalue weighted by Crippen LogP contribution is 2.31. The molecule has 2 aromatic rings. The number of aromatic nitrogens is 1. The molecule has 0 amide bonds. The lowest BCUT2D eigenvalue weighted by atomic mass is 9.93. The average Bonchev–Trinajstić information content (AvgIpc) is 2.46. The van der Waals surface area contributed by atoms with Crippen molar-refractivity contribution in [1.29, 1.82) is 0 Å². The van der Waals surface area contributed by atoms with Crippen LogP contribution in [0.5, 0.6) is 0 Å². The highest BCUT2D eigenvalue weighted by atomic mass is 35.5. The van der Waals surface area contributed by atoms with E-state index in [4.69, 9.17) is 11.6 Å². The van der Waals surface area contributed by atoms with Gasteiger partial charge in [-0.15, -0.1) is 11.6 Å². The van der Waals surface area contributed by atoms with Crippen LogP contribution in [-0.2, 0) is 0 Å². The molecule has 1 aromatic carbocycles. The van der Waals surface area contributed by atoms with E-state index in [1.54, 1.807) is 0 Å². The SMILES string of the molecule is CN(c1nccc2ccccc12)C1CCCCC1Cl. The van der Waals surface area contributed by atoms with Crippen molar-refractivity contribution in [3.8, 4) is 0 Å². The Morgan fingerprint density at radius 1 is 1.16 bits per heavy atom. The summed E-state index contributed by atoms with van der Waals surface area (Å²) in [5.41, 5.74) is 0. The Labute approximate surface area is 119 Å². The maximum absolute atomic E-state index is 6.51. The number of benzene rings is 1. The molecule has 0 spiro atoms. The summed E-state index contributed by atoms with van der Waals surface area (Å²) in [6, 6.07) is 10.9. The highest BCUT2D eigenvalue weighted by Gasteiger charge is 2.28. The molecule has 1 aliphatic carbocycles. The van der Waals surface area contributed by atoms with Crippen LogP contribution in [0.4, 0.5) is 5.82 Å². The second-order valence-corrected chi connectivity index (χ2v) is 5.89. The van der Waals surface area contributed by atoms with Crippen molar-refractivity contribution in [3.05, 3.63) is 36.5 Å². The standard InChI is InChI=1S/C16H19ClN2/c1-19(15-9-5-4-8-14(15)17)16-13-7-3-2-6-12(13)10-11-18-16/h2-3,6-7,10-11,14-15H,4-5,8-9H2,1H3. The summed E-state index contributed by atoms with van der Waals surface area (Å²) in [6.45, 7) is 0. The van der Waals surface area contributed by atoms with Gasteiger partial charge < -0.3 is 4.90 Å². The largest absolute Gasteiger partial charge is 0.355 e. The lowest BCUT2D eigenvalue weighted by molar-refractivity contribution is 0.433. The minimum atomic E-state index is 0.236. The first-order valence-electron chi connectivity index (χ1n) is 6.98. The van der Waals surface area contributed by atoms with Gasteiger partial charge in [0.25, 0.3) is 0 Å². The van der Waals surface area contributed by atoms with Gasteiger partial charge in [-0.2, -0.15) is 0 Å². The Morgan fingerprint density at radius 3 is 2.79 bits per heavy atom. The van der Waals surface area contributed by atoms with Gasteiger partial charge in [0.05, 0.1) is 5.38 Å². The monoisotopic (exact) mass is 274 g/mol. The first kappa shape index (κ1) is 12.7. The van der Waals surface area contributed by atoms with Crippen LogP contribution in [-0.4, -0.2) is 23.5 Å². The fourth-order valence-electron chi connectivity index (χ4n) is 3.04. The van der Waals surface area contributed by atoms with E-state index in [1.807, 2.05) is 6.20 Å². The van der Waals surface area contributed by atoms with Gasteiger partial charge in [-0.25, -0.2) is 4.98 Å². The second kappa shape index (κ2) is 5.38. The van der Waals surface area contributed by atoms with Gasteiger partial charge in [-0.3, -0.25) is 0 Å². The molecule has 0 saturated heterocycles. The smallest absolute Gasteiger partial charge is 0.136 e. The maximum atomic E-state index is 6.51. The van der Waals surface area contributed by atoms with Crippen LogP contribution in [0.1, 0.15) is 25.7 Å². The van der Waals surface area contributed by atoms with E-state index in [-0.39, 0.29) is 5.38 Å². The number of pyridine rings is 1. The van der Waals surface area contributed by atoms with Crippen molar-refractivity contribution in [1.82, 2.24) is 4.98 Å². The van der Waals surface area contributed by atoms with Crippen molar-refractivity contribution < 1.29 is 0 Å². The van der Waals surface area contributed by atoms with Crippen molar-refractivity contribution in [2.24, 2.45) is 0 Å². The fourth-order valence-corrected chi connectivity index (χ4v) is 3.49. The zero-order chi connectivity index (χ0) is 13.2. The highest BCUT2D eigenvalue weighted by molar-refractivity contribution is 6.21. The molecule has 3 heteroatoms. The molecule has 0 N–H and O–H groups in total. The normalized spacial score (nSPS) is 23.5. The van der Waals surface area contributed by atoms with Crippen LogP contribution in [0.25, 0.3) is 10.8 Å². The van der Waals surface area contributed by atoms with E-state index in [2.05, 4.69) is 47.3 Å². The lowest BCUT2D eigenvalue weighted by Crippen LogP contribution is -2.41. The van der Waals surface area contributed by atoms with Gasteiger partial charge in [0.1, 0.15) is 5.82 Å². The molecule has 1 heterocycles. The van der Waals surface area contributed by atoms with Crippen LogP contribution in [0.15, 0.2) is 36.5 Å². The number of nitrogens with zero attached hydrogens (tertiary/aromatic N) is 2. The molecule has 2 atom stereocenters. The van der Waals surface area contributed by atoms with Gasteiger partial charge >= 0.3 is 0 Å². The van der Waals surface area contributed by atoms with E-state index < -0.39 is 0 Å². The molecular formula is C16H19ClN2. The van der Waals surface area contributed by atoms with Crippen LogP contribution in [0, 0.1) is 0 Å². The predicted octanol–water partition coefficient (Wildman–Crippen LogP) is 4.22. The number of hydrogen-bond donors (Lipinski definition) is 0. The van der Waals surface area contributed by atoms with E-state index in [0.717, 1.165) is 18.7 Å². The molecule has 0 radical (unpaired) electrons. The molecule has 3 rings (SSSR count). The van der Waals surface area contributed by atoms with E-state index >= 15 is 0 Å². The molecule has 0 bridgehead atoms. The number of halogens is 1. The van der Waals surface area contributed by atoms with E-state index in [9.17, 15) is 0 Å². The van der Waals surface area contributed by atoms with Crippen LogP contribution in [0.2, 0.25) is 0 Å². The molecule has 2 unspecified atom stereocenters. The summed E-state index contributed by atoms with van der Waals surface area (Å²) in [4.78, 5) is 6.86. The lowest BCUT2D eigenvalue weighted by Gasteiger charge is -2.36. The quantitative estimate of drug-likeness (QED) is 0.762. The first-order valence-corrected chi connectivity index (χ1v) is 7.41. The molecule has 1 saturated carbocycles. The van der Waals surface area contributed by atoms with Crippen molar-refractivity contribution in [2.45, 2.75) is 37.1 Å². The molecular weight excluding hydrogens is 256 g/mol. The van der Waals surface area contributed by atoms with Gasteiger partial charge in [-0.1, -0.05) is 37.1 Å². The Kier molecular flexibility index (Phi) is 3.61. The predicted molar refractivity (Wildman–Crippen MR) is 82.0 cm³/mol. The molecule has 1 fully saturated rings. The Bertz CT molecular complexity index is 564. The molecule has 0 aliphatic heterocycles. The molecule has 1 aliphatic rings. The summed E-state index contributed by atoms with van der Waals surface area (Å²) in [5, 5.41) is 2.68. The number of anilines is 1. The minimum Gasteiger partial charge on any atom is -0.355 e. The summed E-state index contributed by atoms with van der Waals surface area (Å²) in [5.74, 6) is 1.05. The molecule has 1 aromatic heterocycles. The Hall–Kier alpha value is -1.28. The molecule has 2 nitrogen and oxygen atoms in total. The van der Waals surface area contributed by atoms with Gasteiger partial charge in [0.2, 0.25) is 0 Å². The van der Waals surface area contributed by atoms with Crippen molar-refractivity contribution >= 4 is 28.2 Å². The number of alkyl halides is 1. The second-order valence-electron chi connectivity index (χ2n) is 5.33. The molecule has 19 heavy (non-hydrogen) atoms. The third-order valence-electron chi connectivity index (χ3n) is 4.13. The summed E-state index contributed by atoms with van der Waals surface area (Å²) < 4.78 is 0.